The fourth-order valence-electron chi connectivity index (χ4n) is 1.36. The van der Waals surface area contributed by atoms with Gasteiger partial charge in [-0.3, -0.25) is 5.10 Å². The Labute approximate surface area is 98.0 Å². The Hall–Kier alpha value is -1.75. The summed E-state index contributed by atoms with van der Waals surface area (Å²) >= 11 is 5.77. The predicted octanol–water partition coefficient (Wildman–Crippen LogP) is 2.21. The van der Waals surface area contributed by atoms with E-state index < -0.39 is 0 Å². The number of nitrogens with two attached hydrogens (primary N) is 1. The van der Waals surface area contributed by atoms with Crippen LogP contribution >= 0.6 is 11.6 Å². The lowest BCUT2D eigenvalue weighted by Gasteiger charge is -2.14. The molecule has 0 aliphatic heterocycles. The van der Waals surface area contributed by atoms with Crippen molar-refractivity contribution in [3.05, 3.63) is 35.2 Å². The van der Waals surface area contributed by atoms with Gasteiger partial charge < -0.3 is 11.1 Å². The molecule has 5 nitrogen and oxygen atoms in total. The summed E-state index contributed by atoms with van der Waals surface area (Å²) in [6.45, 7) is 2.00. The monoisotopic (exact) mass is 237 g/mol. The number of hydrogen-bond donors (Lipinski definition) is 3. The maximum Gasteiger partial charge on any atom is 0.149 e. The molecule has 2 aromatic rings. The number of anilines is 2. The summed E-state index contributed by atoms with van der Waals surface area (Å²) in [5.41, 5.74) is 7.36. The van der Waals surface area contributed by atoms with Gasteiger partial charge in [0.2, 0.25) is 0 Å². The first-order valence-corrected chi connectivity index (χ1v) is 5.21. The van der Waals surface area contributed by atoms with Gasteiger partial charge in [0.15, 0.2) is 0 Å². The van der Waals surface area contributed by atoms with Gasteiger partial charge >= 0.3 is 0 Å². The van der Waals surface area contributed by atoms with E-state index in [-0.39, 0.29) is 6.04 Å². The third-order valence-electron chi connectivity index (χ3n) is 2.26. The first-order valence-electron chi connectivity index (χ1n) is 4.83. The molecule has 2 heterocycles. The second-order valence-electron chi connectivity index (χ2n) is 3.49. The van der Waals surface area contributed by atoms with Crippen molar-refractivity contribution >= 4 is 23.1 Å². The minimum Gasteiger partial charge on any atom is -0.396 e. The smallest absolute Gasteiger partial charge is 0.149 e. The Bertz CT molecular complexity index is 468. The van der Waals surface area contributed by atoms with Crippen LogP contribution in [-0.2, 0) is 0 Å². The highest BCUT2D eigenvalue weighted by atomic mass is 35.5. The summed E-state index contributed by atoms with van der Waals surface area (Å²) in [6, 6.07) is 1.74. The predicted molar refractivity (Wildman–Crippen MR) is 64.3 cm³/mol. The van der Waals surface area contributed by atoms with E-state index in [1.54, 1.807) is 18.5 Å². The van der Waals surface area contributed by atoms with Crippen LogP contribution in [-0.4, -0.2) is 15.2 Å². The highest BCUT2D eigenvalue weighted by molar-refractivity contribution is 6.30. The number of rotatable bonds is 3. The van der Waals surface area contributed by atoms with Crippen LogP contribution in [0.3, 0.4) is 0 Å². The summed E-state index contributed by atoms with van der Waals surface area (Å²) in [5.74, 6) is 0.623. The number of nitrogen functional groups attached to an aromatic ring is 1. The van der Waals surface area contributed by atoms with Crippen LogP contribution in [0.25, 0.3) is 0 Å². The fourth-order valence-corrected chi connectivity index (χ4v) is 1.53. The highest BCUT2D eigenvalue weighted by Gasteiger charge is 2.09. The zero-order chi connectivity index (χ0) is 11.5. The molecule has 0 spiro atoms. The molecule has 0 radical (unpaired) electrons. The summed E-state index contributed by atoms with van der Waals surface area (Å²) in [6.07, 6.45) is 5.13. The largest absolute Gasteiger partial charge is 0.396 e. The van der Waals surface area contributed by atoms with Crippen LogP contribution in [0.2, 0.25) is 5.02 Å². The Morgan fingerprint density at radius 2 is 2.31 bits per heavy atom. The van der Waals surface area contributed by atoms with Crippen LogP contribution < -0.4 is 11.1 Å². The molecule has 0 aromatic carbocycles. The maximum atomic E-state index is 5.79. The lowest BCUT2D eigenvalue weighted by atomic mass is 10.2. The molecule has 1 atom stereocenters. The molecule has 4 N–H and O–H groups in total. The van der Waals surface area contributed by atoms with E-state index in [4.69, 9.17) is 17.3 Å². The van der Waals surface area contributed by atoms with Gasteiger partial charge in [-0.15, -0.1) is 0 Å². The third kappa shape index (κ3) is 2.25. The molecule has 0 amide bonds. The van der Waals surface area contributed by atoms with Crippen molar-refractivity contribution in [1.29, 1.82) is 0 Å². The quantitative estimate of drug-likeness (QED) is 0.765. The highest BCUT2D eigenvalue weighted by Crippen LogP contribution is 2.23. The number of pyridine rings is 1. The van der Waals surface area contributed by atoms with Crippen molar-refractivity contribution < 1.29 is 0 Å². The van der Waals surface area contributed by atoms with E-state index >= 15 is 0 Å². The molecular weight excluding hydrogens is 226 g/mol. The first-order chi connectivity index (χ1) is 7.66. The number of H-pyrrole nitrogens is 1. The maximum absolute atomic E-state index is 5.79. The Morgan fingerprint density at radius 3 is 2.94 bits per heavy atom. The van der Waals surface area contributed by atoms with Crippen molar-refractivity contribution in [2.24, 2.45) is 0 Å². The lowest BCUT2D eigenvalue weighted by molar-refractivity contribution is 0.877. The van der Waals surface area contributed by atoms with Crippen LogP contribution in [0.1, 0.15) is 18.5 Å². The molecule has 84 valence electrons. The number of hydrogen-bond acceptors (Lipinski definition) is 4. The standard InChI is InChI=1S/C10H12ClN5/c1-6(7-3-14-15-4-7)16-10-9(12)2-8(11)5-13-10/h2-6H,12H2,1H3,(H,13,16)(H,14,15). The van der Waals surface area contributed by atoms with Crippen LogP contribution in [0, 0.1) is 0 Å². The average molecular weight is 238 g/mol. The SMILES string of the molecule is CC(Nc1ncc(Cl)cc1N)c1cn[nH]c1. The van der Waals surface area contributed by atoms with Gasteiger partial charge in [0.05, 0.1) is 22.9 Å². The van der Waals surface area contributed by atoms with Gasteiger partial charge in [0.25, 0.3) is 0 Å². The molecule has 0 fully saturated rings. The Balaban J connectivity index is 2.15. The molecule has 6 heteroatoms. The zero-order valence-electron chi connectivity index (χ0n) is 8.74. The van der Waals surface area contributed by atoms with E-state index in [1.165, 1.54) is 0 Å². The minimum absolute atomic E-state index is 0.0784. The molecular formula is C10H12ClN5. The second kappa shape index (κ2) is 4.40. The number of nitrogens with one attached hydrogen (secondary N) is 2. The zero-order valence-corrected chi connectivity index (χ0v) is 9.49. The number of nitrogens with zero attached hydrogens (tertiary/aromatic N) is 2. The van der Waals surface area contributed by atoms with Crippen molar-refractivity contribution in [1.82, 2.24) is 15.2 Å². The van der Waals surface area contributed by atoms with E-state index in [1.807, 2.05) is 13.1 Å². The van der Waals surface area contributed by atoms with E-state index in [9.17, 15) is 0 Å². The third-order valence-corrected chi connectivity index (χ3v) is 2.46. The summed E-state index contributed by atoms with van der Waals surface area (Å²) < 4.78 is 0. The second-order valence-corrected chi connectivity index (χ2v) is 3.93. The van der Waals surface area contributed by atoms with Gasteiger partial charge in [0, 0.05) is 18.0 Å². The van der Waals surface area contributed by atoms with Crippen LogP contribution in [0.15, 0.2) is 24.7 Å². The summed E-state index contributed by atoms with van der Waals surface area (Å²) in [7, 11) is 0. The van der Waals surface area contributed by atoms with Crippen molar-refractivity contribution in [2.45, 2.75) is 13.0 Å². The summed E-state index contributed by atoms with van der Waals surface area (Å²) in [4.78, 5) is 4.13. The summed E-state index contributed by atoms with van der Waals surface area (Å²) in [5, 5.41) is 10.4. The van der Waals surface area contributed by atoms with Gasteiger partial charge in [0.1, 0.15) is 5.82 Å². The van der Waals surface area contributed by atoms with E-state index in [0.717, 1.165) is 5.56 Å². The van der Waals surface area contributed by atoms with E-state index in [0.29, 0.717) is 16.5 Å². The molecule has 1 unspecified atom stereocenters. The molecule has 2 rings (SSSR count). The van der Waals surface area contributed by atoms with Gasteiger partial charge in [-0.1, -0.05) is 11.6 Å². The first kappa shape index (κ1) is 10.8. The van der Waals surface area contributed by atoms with Crippen molar-refractivity contribution in [3.63, 3.8) is 0 Å². The van der Waals surface area contributed by atoms with Gasteiger partial charge in [-0.25, -0.2) is 4.98 Å². The number of aromatic amines is 1. The van der Waals surface area contributed by atoms with Crippen molar-refractivity contribution in [2.75, 3.05) is 11.1 Å². The van der Waals surface area contributed by atoms with Crippen LogP contribution in [0.5, 0.6) is 0 Å². The lowest BCUT2D eigenvalue weighted by Crippen LogP contribution is -2.09. The molecule has 0 saturated carbocycles. The molecule has 16 heavy (non-hydrogen) atoms. The topological polar surface area (TPSA) is 79.6 Å². The molecule has 0 bridgehead atoms. The Morgan fingerprint density at radius 1 is 1.50 bits per heavy atom. The molecule has 2 aromatic heterocycles. The minimum atomic E-state index is 0.0784. The van der Waals surface area contributed by atoms with Crippen molar-refractivity contribution in [3.8, 4) is 0 Å². The van der Waals surface area contributed by atoms with E-state index in [2.05, 4.69) is 20.5 Å². The molecule has 0 aliphatic rings. The number of halogens is 1. The molecule has 0 aliphatic carbocycles. The number of aromatic nitrogens is 3. The van der Waals surface area contributed by atoms with Crippen LogP contribution in [0.4, 0.5) is 11.5 Å². The average Bonchev–Trinajstić information content (AvgIpc) is 2.75. The van der Waals surface area contributed by atoms with Gasteiger partial charge in [-0.05, 0) is 13.0 Å². The Kier molecular flexibility index (Phi) is 2.96. The van der Waals surface area contributed by atoms with Gasteiger partial charge in [-0.2, -0.15) is 5.10 Å². The molecule has 0 saturated heterocycles. The normalized spacial score (nSPS) is 12.4. The fraction of sp³-hybridized carbons (Fsp3) is 0.200.